The number of fused-ring (bicyclic) bond motifs is 1. The highest BCUT2D eigenvalue weighted by Crippen LogP contribution is 2.30. The van der Waals surface area contributed by atoms with Crippen LogP contribution < -0.4 is 4.74 Å². The second-order valence-electron chi connectivity index (χ2n) is 7.75. The van der Waals surface area contributed by atoms with Gasteiger partial charge in [0, 0.05) is 41.9 Å². The standard InChI is InChI=1S/C26H28ClN3O3/c1-7-15(2)25(28-6)20-11-16(3)30-26-19(20)9-8-10-24(26)33-13-21-22(27)12-17(4)29-23(21)14-32-18(5)31/h7-12H,13-14H2,1-6H3. The third-order valence-corrected chi connectivity index (χ3v) is 5.62. The molecule has 0 atom stereocenters. The first-order chi connectivity index (χ1) is 15.7. The molecule has 0 aliphatic rings. The van der Waals surface area contributed by atoms with Crippen molar-refractivity contribution in [2.24, 2.45) is 4.99 Å². The van der Waals surface area contributed by atoms with Crippen molar-refractivity contribution in [2.75, 3.05) is 7.05 Å². The summed E-state index contributed by atoms with van der Waals surface area (Å²) in [5.74, 6) is 0.244. The second-order valence-corrected chi connectivity index (χ2v) is 8.15. The molecule has 0 N–H and O–H groups in total. The summed E-state index contributed by atoms with van der Waals surface area (Å²) in [4.78, 5) is 25.1. The number of carbonyl (C=O) groups is 1. The monoisotopic (exact) mass is 465 g/mol. The third-order valence-electron chi connectivity index (χ3n) is 5.28. The van der Waals surface area contributed by atoms with Gasteiger partial charge < -0.3 is 9.47 Å². The maximum atomic E-state index is 11.3. The Hall–Kier alpha value is -3.25. The molecule has 0 bridgehead atoms. The van der Waals surface area contributed by atoms with Crippen LogP contribution in [0.15, 0.2) is 47.0 Å². The van der Waals surface area contributed by atoms with Crippen LogP contribution in [0.25, 0.3) is 10.9 Å². The zero-order valence-corrected chi connectivity index (χ0v) is 20.6. The van der Waals surface area contributed by atoms with E-state index in [1.807, 2.05) is 58.0 Å². The lowest BCUT2D eigenvalue weighted by atomic mass is 9.98. The maximum Gasteiger partial charge on any atom is 0.303 e. The van der Waals surface area contributed by atoms with Gasteiger partial charge in [0.15, 0.2) is 0 Å². The van der Waals surface area contributed by atoms with Crippen LogP contribution >= 0.6 is 11.6 Å². The van der Waals surface area contributed by atoms with E-state index in [9.17, 15) is 4.79 Å². The molecular formula is C26H28ClN3O3. The molecule has 0 saturated heterocycles. The SMILES string of the molecule is CC=C(C)C(=NC)c1cc(C)nc2c(OCc3c(Cl)cc(C)nc3COC(C)=O)cccc12. The van der Waals surface area contributed by atoms with E-state index in [0.717, 1.165) is 39.1 Å². The molecule has 6 nitrogen and oxygen atoms in total. The molecule has 0 aliphatic heterocycles. The number of para-hydroxylation sites is 1. The zero-order chi connectivity index (χ0) is 24.1. The number of nitrogens with zero attached hydrogens (tertiary/aromatic N) is 3. The number of halogens is 1. The Morgan fingerprint density at radius 3 is 2.52 bits per heavy atom. The number of aliphatic imine (C=N–C) groups is 1. The summed E-state index contributed by atoms with van der Waals surface area (Å²) in [6.45, 7) is 9.39. The quantitative estimate of drug-likeness (QED) is 0.319. The molecule has 2 aromatic heterocycles. The molecule has 2 heterocycles. The van der Waals surface area contributed by atoms with E-state index in [0.29, 0.717) is 22.0 Å². The topological polar surface area (TPSA) is 73.7 Å². The van der Waals surface area contributed by atoms with E-state index in [1.54, 1.807) is 13.1 Å². The van der Waals surface area contributed by atoms with Gasteiger partial charge in [0.1, 0.15) is 24.5 Å². The summed E-state index contributed by atoms with van der Waals surface area (Å²) >= 11 is 6.50. The number of rotatable bonds is 7. The lowest BCUT2D eigenvalue weighted by Gasteiger charge is -2.16. The van der Waals surface area contributed by atoms with Gasteiger partial charge in [-0.05, 0) is 51.5 Å². The van der Waals surface area contributed by atoms with Crippen LogP contribution in [0, 0.1) is 13.8 Å². The first kappa shape index (κ1) is 24.4. The molecule has 172 valence electrons. The molecule has 0 radical (unpaired) electrons. The number of esters is 1. The van der Waals surface area contributed by atoms with Crippen molar-refractivity contribution in [2.45, 2.75) is 47.8 Å². The van der Waals surface area contributed by atoms with Gasteiger partial charge in [-0.3, -0.25) is 14.8 Å². The van der Waals surface area contributed by atoms with Crippen LogP contribution in [0.4, 0.5) is 0 Å². The Kier molecular flexibility index (Phi) is 7.82. The van der Waals surface area contributed by atoms with E-state index < -0.39 is 0 Å². The number of aryl methyl sites for hydroxylation is 2. The minimum absolute atomic E-state index is 0.0332. The first-order valence-electron chi connectivity index (χ1n) is 10.7. The summed E-state index contributed by atoms with van der Waals surface area (Å²) < 4.78 is 11.4. The summed E-state index contributed by atoms with van der Waals surface area (Å²) in [6, 6.07) is 9.64. The molecule has 0 saturated carbocycles. The largest absolute Gasteiger partial charge is 0.486 e. The lowest BCUT2D eigenvalue weighted by Crippen LogP contribution is -2.09. The number of hydrogen-bond donors (Lipinski definition) is 0. The molecular weight excluding hydrogens is 438 g/mol. The van der Waals surface area contributed by atoms with Gasteiger partial charge in [-0.15, -0.1) is 0 Å². The lowest BCUT2D eigenvalue weighted by molar-refractivity contribution is -0.142. The van der Waals surface area contributed by atoms with E-state index in [2.05, 4.69) is 9.98 Å². The fourth-order valence-electron chi connectivity index (χ4n) is 3.62. The van der Waals surface area contributed by atoms with Crippen LogP contribution in [-0.2, 0) is 22.7 Å². The van der Waals surface area contributed by atoms with Crippen molar-refractivity contribution < 1.29 is 14.3 Å². The third kappa shape index (κ3) is 5.57. The predicted octanol–water partition coefficient (Wildman–Crippen LogP) is 5.93. The normalized spacial score (nSPS) is 12.2. The molecule has 3 rings (SSSR count). The highest BCUT2D eigenvalue weighted by molar-refractivity contribution is 6.31. The van der Waals surface area contributed by atoms with Crippen molar-refractivity contribution in [1.29, 1.82) is 0 Å². The number of benzene rings is 1. The predicted molar refractivity (Wildman–Crippen MR) is 132 cm³/mol. The van der Waals surface area contributed by atoms with E-state index in [1.165, 1.54) is 6.92 Å². The van der Waals surface area contributed by atoms with Gasteiger partial charge in [0.2, 0.25) is 0 Å². The summed E-state index contributed by atoms with van der Waals surface area (Å²) in [5, 5.41) is 1.46. The van der Waals surface area contributed by atoms with Crippen LogP contribution in [0.2, 0.25) is 5.02 Å². The molecule has 1 aromatic carbocycles. The van der Waals surface area contributed by atoms with Gasteiger partial charge in [-0.25, -0.2) is 4.98 Å². The van der Waals surface area contributed by atoms with Crippen LogP contribution in [0.1, 0.15) is 49.0 Å². The van der Waals surface area contributed by atoms with E-state index in [4.69, 9.17) is 26.1 Å². The van der Waals surface area contributed by atoms with Crippen molar-refractivity contribution in [1.82, 2.24) is 9.97 Å². The van der Waals surface area contributed by atoms with Crippen molar-refractivity contribution >= 4 is 34.2 Å². The second kappa shape index (κ2) is 10.6. The van der Waals surface area contributed by atoms with Crippen molar-refractivity contribution in [3.63, 3.8) is 0 Å². The average Bonchev–Trinajstić information content (AvgIpc) is 2.77. The zero-order valence-electron chi connectivity index (χ0n) is 19.8. The number of ether oxygens (including phenoxy) is 2. The fraction of sp³-hybridized carbons (Fsp3) is 0.308. The van der Waals surface area contributed by atoms with Crippen molar-refractivity contribution in [3.05, 3.63) is 75.2 Å². The molecule has 33 heavy (non-hydrogen) atoms. The van der Waals surface area contributed by atoms with Gasteiger partial charge >= 0.3 is 5.97 Å². The number of carbonyl (C=O) groups excluding carboxylic acids is 1. The number of pyridine rings is 2. The Bertz CT molecular complexity index is 1270. The van der Waals surface area contributed by atoms with Gasteiger partial charge in [0.25, 0.3) is 0 Å². The van der Waals surface area contributed by atoms with Gasteiger partial charge in [-0.2, -0.15) is 0 Å². The van der Waals surface area contributed by atoms with Crippen LogP contribution in [0.3, 0.4) is 0 Å². The Morgan fingerprint density at radius 2 is 1.85 bits per heavy atom. The van der Waals surface area contributed by atoms with E-state index in [-0.39, 0.29) is 19.2 Å². The Labute approximate surface area is 199 Å². The average molecular weight is 466 g/mol. The molecule has 0 amide bonds. The number of hydrogen-bond acceptors (Lipinski definition) is 6. The minimum atomic E-state index is -0.382. The fourth-order valence-corrected chi connectivity index (χ4v) is 3.94. The van der Waals surface area contributed by atoms with Gasteiger partial charge in [-0.1, -0.05) is 29.8 Å². The number of allylic oxidation sites excluding steroid dienone is 2. The molecule has 0 spiro atoms. The smallest absolute Gasteiger partial charge is 0.303 e. The first-order valence-corrected chi connectivity index (χ1v) is 11.0. The summed E-state index contributed by atoms with van der Waals surface area (Å²) in [7, 11) is 1.79. The molecule has 0 aliphatic carbocycles. The Balaban J connectivity index is 2.03. The Morgan fingerprint density at radius 1 is 1.12 bits per heavy atom. The summed E-state index contributed by atoms with van der Waals surface area (Å²) in [5.41, 5.74) is 6.61. The van der Waals surface area contributed by atoms with Crippen molar-refractivity contribution in [3.8, 4) is 5.75 Å². The van der Waals surface area contributed by atoms with Crippen LogP contribution in [0.5, 0.6) is 5.75 Å². The molecule has 0 unspecified atom stereocenters. The molecule has 0 fully saturated rings. The highest BCUT2D eigenvalue weighted by atomic mass is 35.5. The van der Waals surface area contributed by atoms with Gasteiger partial charge in [0.05, 0.1) is 16.4 Å². The van der Waals surface area contributed by atoms with Crippen LogP contribution in [-0.4, -0.2) is 28.7 Å². The molecule has 3 aromatic rings. The highest BCUT2D eigenvalue weighted by Gasteiger charge is 2.16. The molecule has 7 heteroatoms. The summed E-state index contributed by atoms with van der Waals surface area (Å²) in [6.07, 6.45) is 2.04. The van der Waals surface area contributed by atoms with E-state index >= 15 is 0 Å². The maximum absolute atomic E-state index is 11.3. The minimum Gasteiger partial charge on any atom is -0.486 e. The number of aromatic nitrogens is 2.